The minimum atomic E-state index is -0.253. The lowest BCUT2D eigenvalue weighted by atomic mass is 9.85. The van der Waals surface area contributed by atoms with Crippen molar-refractivity contribution >= 4 is 15.9 Å². The maximum atomic E-state index is 13.1. The number of halogens is 2. The van der Waals surface area contributed by atoms with Crippen molar-refractivity contribution in [2.24, 2.45) is 0 Å². The minimum Gasteiger partial charge on any atom is -0.489 e. The van der Waals surface area contributed by atoms with E-state index in [9.17, 15) is 4.39 Å². The first-order chi connectivity index (χ1) is 9.77. The molecule has 2 aromatic rings. The van der Waals surface area contributed by atoms with Gasteiger partial charge in [0.15, 0.2) is 0 Å². The molecule has 1 nitrogen and oxygen atoms in total. The second-order valence-electron chi connectivity index (χ2n) is 6.27. The van der Waals surface area contributed by atoms with Crippen molar-refractivity contribution in [3.05, 3.63) is 63.4 Å². The summed E-state index contributed by atoms with van der Waals surface area (Å²) in [6, 6.07) is 10.9. The summed E-state index contributed by atoms with van der Waals surface area (Å²) in [5, 5.41) is 0. The lowest BCUT2D eigenvalue weighted by Crippen LogP contribution is -2.14. The van der Waals surface area contributed by atoms with Crippen LogP contribution in [0.15, 0.2) is 40.9 Å². The molecule has 0 unspecified atom stereocenters. The first kappa shape index (κ1) is 16.0. The summed E-state index contributed by atoms with van der Waals surface area (Å²) >= 11 is 3.37. The summed E-state index contributed by atoms with van der Waals surface area (Å²) < 4.78 is 19.8. The number of aryl methyl sites for hydroxylation is 1. The Morgan fingerprint density at radius 2 is 1.81 bits per heavy atom. The van der Waals surface area contributed by atoms with Gasteiger partial charge >= 0.3 is 0 Å². The number of hydrogen-bond donors (Lipinski definition) is 0. The van der Waals surface area contributed by atoms with Crippen molar-refractivity contribution < 1.29 is 9.13 Å². The van der Waals surface area contributed by atoms with Crippen LogP contribution in [-0.2, 0) is 12.0 Å². The highest BCUT2D eigenvalue weighted by atomic mass is 79.9. The number of benzene rings is 2. The molecule has 21 heavy (non-hydrogen) atoms. The molecule has 0 radical (unpaired) electrons. The van der Waals surface area contributed by atoms with E-state index in [-0.39, 0.29) is 11.2 Å². The van der Waals surface area contributed by atoms with Gasteiger partial charge in [-0.1, -0.05) is 60.5 Å². The molecule has 0 atom stereocenters. The predicted molar refractivity (Wildman–Crippen MR) is 88.3 cm³/mol. The van der Waals surface area contributed by atoms with Crippen molar-refractivity contribution in [2.75, 3.05) is 0 Å². The van der Waals surface area contributed by atoms with Gasteiger partial charge in [-0.05, 0) is 36.1 Å². The zero-order valence-electron chi connectivity index (χ0n) is 12.8. The largest absolute Gasteiger partial charge is 0.489 e. The third kappa shape index (κ3) is 4.07. The molecule has 0 saturated carbocycles. The Hall–Kier alpha value is -1.35. The van der Waals surface area contributed by atoms with E-state index in [1.807, 2.05) is 12.1 Å². The van der Waals surface area contributed by atoms with E-state index in [0.29, 0.717) is 6.61 Å². The van der Waals surface area contributed by atoms with Crippen molar-refractivity contribution in [1.29, 1.82) is 0 Å². The van der Waals surface area contributed by atoms with E-state index in [4.69, 9.17) is 4.74 Å². The van der Waals surface area contributed by atoms with Crippen molar-refractivity contribution in [2.45, 2.75) is 39.7 Å². The molecular formula is C18H20BrFO. The number of ether oxygens (including phenoxy) is 1. The molecule has 0 fully saturated rings. The summed E-state index contributed by atoms with van der Waals surface area (Å²) in [5.74, 6) is 0.626. The minimum absolute atomic E-state index is 0.0153. The van der Waals surface area contributed by atoms with Gasteiger partial charge in [-0.2, -0.15) is 0 Å². The summed E-state index contributed by atoms with van der Waals surface area (Å²) in [7, 11) is 0. The Balaban J connectivity index is 2.24. The van der Waals surface area contributed by atoms with Gasteiger partial charge in [0.1, 0.15) is 18.2 Å². The molecule has 112 valence electrons. The standard InChI is InChI=1S/C18H20BrFO/c1-12-5-8-17(15(9-12)18(2,3)4)21-11-13-6-7-14(20)10-16(13)19/h5-10H,11H2,1-4H3. The van der Waals surface area contributed by atoms with Gasteiger partial charge in [0.25, 0.3) is 0 Å². The van der Waals surface area contributed by atoms with Crippen molar-refractivity contribution in [3.8, 4) is 5.75 Å². The van der Waals surface area contributed by atoms with Crippen LogP contribution in [0.2, 0.25) is 0 Å². The molecule has 2 aromatic carbocycles. The van der Waals surface area contributed by atoms with Crippen molar-refractivity contribution in [3.63, 3.8) is 0 Å². The number of hydrogen-bond acceptors (Lipinski definition) is 1. The molecule has 0 bridgehead atoms. The Bertz CT molecular complexity index is 644. The first-order valence-corrected chi connectivity index (χ1v) is 7.74. The average Bonchev–Trinajstić information content (AvgIpc) is 2.38. The monoisotopic (exact) mass is 350 g/mol. The molecular weight excluding hydrogens is 331 g/mol. The summed E-state index contributed by atoms with van der Waals surface area (Å²) in [5.41, 5.74) is 3.34. The van der Waals surface area contributed by atoms with Gasteiger partial charge in [0, 0.05) is 10.0 Å². The van der Waals surface area contributed by atoms with Gasteiger partial charge in [-0.15, -0.1) is 0 Å². The summed E-state index contributed by atoms with van der Waals surface area (Å²) in [6.45, 7) is 9.00. The lowest BCUT2D eigenvalue weighted by Gasteiger charge is -2.23. The van der Waals surface area contributed by atoms with Gasteiger partial charge < -0.3 is 4.74 Å². The Morgan fingerprint density at radius 1 is 1.10 bits per heavy atom. The van der Waals surface area contributed by atoms with Gasteiger partial charge in [-0.3, -0.25) is 0 Å². The van der Waals surface area contributed by atoms with Gasteiger partial charge in [0.2, 0.25) is 0 Å². The van der Waals surface area contributed by atoms with Crippen LogP contribution in [-0.4, -0.2) is 0 Å². The molecule has 0 saturated heterocycles. The molecule has 0 N–H and O–H groups in total. The third-order valence-electron chi connectivity index (χ3n) is 3.34. The van der Waals surface area contributed by atoms with Crippen LogP contribution in [0.1, 0.15) is 37.5 Å². The van der Waals surface area contributed by atoms with Crippen LogP contribution in [0.3, 0.4) is 0 Å². The van der Waals surface area contributed by atoms with Crippen LogP contribution >= 0.6 is 15.9 Å². The van der Waals surface area contributed by atoms with Gasteiger partial charge in [-0.25, -0.2) is 4.39 Å². The fraction of sp³-hybridized carbons (Fsp3) is 0.333. The van der Waals surface area contributed by atoms with E-state index in [2.05, 4.69) is 49.7 Å². The molecule has 0 heterocycles. The highest BCUT2D eigenvalue weighted by molar-refractivity contribution is 9.10. The maximum Gasteiger partial charge on any atom is 0.124 e. The SMILES string of the molecule is Cc1ccc(OCc2ccc(F)cc2Br)c(C(C)(C)C)c1. The smallest absolute Gasteiger partial charge is 0.124 e. The van der Waals surface area contributed by atoms with Crippen LogP contribution in [0.5, 0.6) is 5.75 Å². The van der Waals surface area contributed by atoms with E-state index < -0.39 is 0 Å². The summed E-state index contributed by atoms with van der Waals surface area (Å²) in [6.07, 6.45) is 0. The zero-order valence-corrected chi connectivity index (χ0v) is 14.4. The van der Waals surface area contributed by atoms with E-state index in [1.54, 1.807) is 6.07 Å². The van der Waals surface area contributed by atoms with E-state index in [1.165, 1.54) is 23.3 Å². The first-order valence-electron chi connectivity index (χ1n) is 6.95. The maximum absolute atomic E-state index is 13.1. The molecule has 0 aliphatic heterocycles. The Kier molecular flexibility index (Phi) is 4.72. The van der Waals surface area contributed by atoms with E-state index in [0.717, 1.165) is 15.8 Å². The zero-order chi connectivity index (χ0) is 15.6. The molecule has 0 aromatic heterocycles. The second-order valence-corrected chi connectivity index (χ2v) is 7.13. The van der Waals surface area contributed by atoms with Crippen LogP contribution < -0.4 is 4.74 Å². The highest BCUT2D eigenvalue weighted by Crippen LogP contribution is 2.33. The lowest BCUT2D eigenvalue weighted by molar-refractivity contribution is 0.296. The molecule has 2 rings (SSSR count). The predicted octanol–water partition coefficient (Wildman–Crippen LogP) is 5.77. The van der Waals surface area contributed by atoms with Crippen LogP contribution in [0.25, 0.3) is 0 Å². The van der Waals surface area contributed by atoms with Gasteiger partial charge in [0.05, 0.1) is 0 Å². The average molecular weight is 351 g/mol. The highest BCUT2D eigenvalue weighted by Gasteiger charge is 2.19. The molecule has 0 spiro atoms. The topological polar surface area (TPSA) is 9.23 Å². The van der Waals surface area contributed by atoms with Crippen LogP contribution in [0, 0.1) is 12.7 Å². The third-order valence-corrected chi connectivity index (χ3v) is 4.08. The normalized spacial score (nSPS) is 11.5. The number of rotatable bonds is 3. The van der Waals surface area contributed by atoms with Crippen molar-refractivity contribution in [1.82, 2.24) is 0 Å². The van der Waals surface area contributed by atoms with Crippen LogP contribution in [0.4, 0.5) is 4.39 Å². The molecule has 0 aliphatic rings. The second kappa shape index (κ2) is 6.18. The Morgan fingerprint density at radius 3 is 2.43 bits per heavy atom. The quantitative estimate of drug-likeness (QED) is 0.682. The summed E-state index contributed by atoms with van der Waals surface area (Å²) in [4.78, 5) is 0. The van der Waals surface area contributed by atoms with E-state index >= 15 is 0 Å². The molecule has 0 aliphatic carbocycles. The fourth-order valence-electron chi connectivity index (χ4n) is 2.15. The fourth-order valence-corrected chi connectivity index (χ4v) is 2.62. The molecule has 3 heteroatoms. The molecule has 0 amide bonds. The Labute approximate surface area is 134 Å².